The number of rotatable bonds is 6. The first-order chi connectivity index (χ1) is 9.95. The van der Waals surface area contributed by atoms with Crippen molar-refractivity contribution in [2.75, 3.05) is 20.0 Å². The summed E-state index contributed by atoms with van der Waals surface area (Å²) in [6.45, 7) is 2.48. The van der Waals surface area contributed by atoms with Gasteiger partial charge in [-0.05, 0) is 24.6 Å². The van der Waals surface area contributed by atoms with Crippen molar-refractivity contribution >= 4 is 9.84 Å². The first-order valence-electron chi connectivity index (χ1n) is 6.78. The maximum Gasteiger partial charge on any atom is 0.173 e. The number of nitrogens with one attached hydrogen (secondary N) is 1. The fourth-order valence-corrected chi connectivity index (χ4v) is 3.68. The van der Waals surface area contributed by atoms with Gasteiger partial charge in [-0.25, -0.2) is 8.42 Å². The monoisotopic (exact) mass is 311 g/mol. The van der Waals surface area contributed by atoms with Crippen molar-refractivity contribution < 1.29 is 17.9 Å². The summed E-state index contributed by atoms with van der Waals surface area (Å²) in [6, 6.07) is 5.80. The van der Waals surface area contributed by atoms with Crippen LogP contribution in [0.3, 0.4) is 0 Å². The molecule has 0 amide bonds. The Bertz CT molecular complexity index is 625. The lowest BCUT2D eigenvalue weighted by atomic mass is 10.0. The number of methoxy groups -OCH3 is 2. The SMILES string of the molecule is COCc1cc(C(C)NC2C=CS(=O)(=O)C2)ccc1OC. The van der Waals surface area contributed by atoms with Gasteiger partial charge in [0, 0.05) is 30.2 Å². The van der Waals surface area contributed by atoms with E-state index < -0.39 is 9.84 Å². The average Bonchev–Trinajstić information content (AvgIpc) is 2.78. The topological polar surface area (TPSA) is 64.6 Å². The highest BCUT2D eigenvalue weighted by Gasteiger charge is 2.23. The average molecular weight is 311 g/mol. The quantitative estimate of drug-likeness (QED) is 0.868. The minimum atomic E-state index is -3.03. The molecular weight excluding hydrogens is 290 g/mol. The molecule has 2 rings (SSSR count). The Kier molecular flexibility index (Phi) is 5.03. The lowest BCUT2D eigenvalue weighted by molar-refractivity contribution is 0.181. The highest BCUT2D eigenvalue weighted by atomic mass is 32.2. The first-order valence-corrected chi connectivity index (χ1v) is 8.49. The van der Waals surface area contributed by atoms with Crippen LogP contribution >= 0.6 is 0 Å². The summed E-state index contributed by atoms with van der Waals surface area (Å²) in [6.07, 6.45) is 1.70. The van der Waals surface area contributed by atoms with Gasteiger partial charge in [0.05, 0.1) is 19.5 Å². The molecule has 1 aromatic carbocycles. The van der Waals surface area contributed by atoms with E-state index >= 15 is 0 Å². The van der Waals surface area contributed by atoms with Crippen molar-refractivity contribution in [3.63, 3.8) is 0 Å². The fourth-order valence-electron chi connectivity index (χ4n) is 2.43. The van der Waals surface area contributed by atoms with Crippen LogP contribution in [0.4, 0.5) is 0 Å². The van der Waals surface area contributed by atoms with E-state index in [2.05, 4.69) is 5.32 Å². The largest absolute Gasteiger partial charge is 0.496 e. The van der Waals surface area contributed by atoms with Gasteiger partial charge in [0.2, 0.25) is 0 Å². The van der Waals surface area contributed by atoms with Gasteiger partial charge in [-0.2, -0.15) is 0 Å². The lowest BCUT2D eigenvalue weighted by Gasteiger charge is -2.19. The molecule has 2 atom stereocenters. The van der Waals surface area contributed by atoms with Crippen LogP contribution in [-0.4, -0.2) is 34.4 Å². The third-order valence-electron chi connectivity index (χ3n) is 3.50. The van der Waals surface area contributed by atoms with E-state index in [0.29, 0.717) is 6.61 Å². The number of hydrogen-bond acceptors (Lipinski definition) is 5. The van der Waals surface area contributed by atoms with Crippen LogP contribution in [0.2, 0.25) is 0 Å². The van der Waals surface area contributed by atoms with E-state index in [4.69, 9.17) is 9.47 Å². The molecule has 0 radical (unpaired) electrons. The smallest absolute Gasteiger partial charge is 0.173 e. The highest BCUT2D eigenvalue weighted by Crippen LogP contribution is 2.24. The minimum absolute atomic E-state index is 0.0365. The van der Waals surface area contributed by atoms with Gasteiger partial charge in [0.1, 0.15) is 5.75 Å². The lowest BCUT2D eigenvalue weighted by Crippen LogP contribution is -2.32. The van der Waals surface area contributed by atoms with Gasteiger partial charge in [-0.3, -0.25) is 0 Å². The third kappa shape index (κ3) is 4.06. The Morgan fingerprint density at radius 1 is 1.38 bits per heavy atom. The second-order valence-electron chi connectivity index (χ2n) is 5.16. The summed E-state index contributed by atoms with van der Waals surface area (Å²) in [5, 5.41) is 4.59. The first kappa shape index (κ1) is 16.0. The fraction of sp³-hybridized carbons (Fsp3) is 0.467. The van der Waals surface area contributed by atoms with E-state index in [1.807, 2.05) is 25.1 Å². The summed E-state index contributed by atoms with van der Waals surface area (Å²) >= 11 is 0. The van der Waals surface area contributed by atoms with Crippen molar-refractivity contribution in [3.05, 3.63) is 40.8 Å². The number of ether oxygens (including phenoxy) is 2. The normalized spacial score (nSPS) is 21.4. The number of sulfone groups is 1. The van der Waals surface area contributed by atoms with Crippen LogP contribution < -0.4 is 10.1 Å². The third-order valence-corrected chi connectivity index (χ3v) is 4.89. The highest BCUT2D eigenvalue weighted by molar-refractivity contribution is 7.94. The maximum absolute atomic E-state index is 11.4. The molecule has 0 fully saturated rings. The second-order valence-corrected chi connectivity index (χ2v) is 7.09. The van der Waals surface area contributed by atoms with Gasteiger partial charge in [-0.1, -0.05) is 12.1 Å². The maximum atomic E-state index is 11.4. The molecule has 0 bridgehead atoms. The molecule has 5 nitrogen and oxygen atoms in total. The summed E-state index contributed by atoms with van der Waals surface area (Å²) in [5.41, 5.74) is 2.04. The van der Waals surface area contributed by atoms with Gasteiger partial charge in [0.25, 0.3) is 0 Å². The van der Waals surface area contributed by atoms with Gasteiger partial charge < -0.3 is 14.8 Å². The summed E-state index contributed by atoms with van der Waals surface area (Å²) < 4.78 is 33.3. The van der Waals surface area contributed by atoms with Crippen LogP contribution in [-0.2, 0) is 21.2 Å². The van der Waals surface area contributed by atoms with E-state index in [-0.39, 0.29) is 17.8 Å². The molecular formula is C15H21NO4S. The van der Waals surface area contributed by atoms with Gasteiger partial charge in [-0.15, -0.1) is 0 Å². The van der Waals surface area contributed by atoms with E-state index in [0.717, 1.165) is 16.9 Å². The Morgan fingerprint density at radius 3 is 2.71 bits per heavy atom. The van der Waals surface area contributed by atoms with Crippen LogP contribution in [0.1, 0.15) is 24.1 Å². The summed E-state index contributed by atoms with van der Waals surface area (Å²) in [4.78, 5) is 0. The zero-order chi connectivity index (χ0) is 15.5. The standard InChI is InChI=1S/C15H21NO4S/c1-11(16-14-6-7-21(17,18)10-14)12-4-5-15(20-3)13(8-12)9-19-2/h4-8,11,14,16H,9-10H2,1-3H3. The molecule has 0 saturated carbocycles. The molecule has 6 heteroatoms. The Labute approximate surface area is 125 Å². The zero-order valence-electron chi connectivity index (χ0n) is 12.5. The predicted molar refractivity (Wildman–Crippen MR) is 82.0 cm³/mol. The number of hydrogen-bond donors (Lipinski definition) is 1. The van der Waals surface area contributed by atoms with Gasteiger partial charge in [0.15, 0.2) is 9.84 Å². The molecule has 1 heterocycles. The molecule has 0 aliphatic carbocycles. The van der Waals surface area contributed by atoms with Crippen LogP contribution in [0, 0.1) is 0 Å². The van der Waals surface area contributed by atoms with Crippen molar-refractivity contribution in [1.29, 1.82) is 0 Å². The molecule has 116 valence electrons. The van der Waals surface area contributed by atoms with E-state index in [9.17, 15) is 8.42 Å². The predicted octanol–water partition coefficient (Wildman–Crippen LogP) is 1.80. The van der Waals surface area contributed by atoms with Crippen molar-refractivity contribution in [2.24, 2.45) is 0 Å². The molecule has 0 spiro atoms. The number of benzene rings is 1. The molecule has 1 N–H and O–H groups in total. The second kappa shape index (κ2) is 6.60. The molecule has 21 heavy (non-hydrogen) atoms. The Hall–Kier alpha value is -1.37. The molecule has 1 aliphatic heterocycles. The van der Waals surface area contributed by atoms with Gasteiger partial charge >= 0.3 is 0 Å². The molecule has 0 aromatic heterocycles. The Morgan fingerprint density at radius 2 is 2.14 bits per heavy atom. The Balaban J connectivity index is 2.10. The van der Waals surface area contributed by atoms with Crippen LogP contribution in [0.15, 0.2) is 29.7 Å². The molecule has 2 unspecified atom stereocenters. The molecule has 0 saturated heterocycles. The minimum Gasteiger partial charge on any atom is -0.496 e. The van der Waals surface area contributed by atoms with Crippen molar-refractivity contribution in [3.8, 4) is 5.75 Å². The van der Waals surface area contributed by atoms with Crippen molar-refractivity contribution in [1.82, 2.24) is 5.32 Å². The molecule has 1 aromatic rings. The summed E-state index contributed by atoms with van der Waals surface area (Å²) in [5.74, 6) is 0.912. The van der Waals surface area contributed by atoms with E-state index in [1.54, 1.807) is 20.3 Å². The summed E-state index contributed by atoms with van der Waals surface area (Å²) in [7, 11) is 0.236. The molecule has 1 aliphatic rings. The van der Waals surface area contributed by atoms with Crippen LogP contribution in [0.5, 0.6) is 5.75 Å². The van der Waals surface area contributed by atoms with E-state index in [1.165, 1.54) is 5.41 Å². The van der Waals surface area contributed by atoms with Crippen molar-refractivity contribution in [2.45, 2.75) is 25.6 Å². The van der Waals surface area contributed by atoms with Crippen LogP contribution in [0.25, 0.3) is 0 Å². The zero-order valence-corrected chi connectivity index (χ0v) is 13.3.